The number of thioether (sulfide) groups is 1. The molecule has 0 radical (unpaired) electrons. The minimum Gasteiger partial charge on any atom is -0.287 e. The van der Waals surface area contributed by atoms with Gasteiger partial charge in [0.1, 0.15) is 0 Å². The SMILES string of the molecule is CCCCC[C@@H](CC(=O)SCC)C(C)C. The third kappa shape index (κ3) is 7.89. The highest BCUT2D eigenvalue weighted by atomic mass is 32.2. The maximum Gasteiger partial charge on any atom is 0.189 e. The number of carbonyl (C=O) groups is 1. The lowest BCUT2D eigenvalue weighted by molar-refractivity contribution is -0.112. The van der Waals surface area contributed by atoms with Gasteiger partial charge in [0.15, 0.2) is 5.12 Å². The Morgan fingerprint density at radius 2 is 1.87 bits per heavy atom. The second-order valence-electron chi connectivity index (χ2n) is 4.51. The van der Waals surface area contributed by atoms with E-state index in [0.29, 0.717) is 17.0 Å². The first-order valence-electron chi connectivity index (χ1n) is 6.27. The van der Waals surface area contributed by atoms with Crippen molar-refractivity contribution in [1.29, 1.82) is 0 Å². The van der Waals surface area contributed by atoms with Crippen molar-refractivity contribution in [2.75, 3.05) is 5.75 Å². The smallest absolute Gasteiger partial charge is 0.189 e. The molecular weight excluding hydrogens is 204 g/mol. The second-order valence-corrected chi connectivity index (χ2v) is 5.83. The van der Waals surface area contributed by atoms with Crippen molar-refractivity contribution < 1.29 is 4.79 Å². The molecule has 0 unspecified atom stereocenters. The summed E-state index contributed by atoms with van der Waals surface area (Å²) in [5.74, 6) is 2.16. The molecule has 0 aromatic carbocycles. The summed E-state index contributed by atoms with van der Waals surface area (Å²) in [5, 5.41) is 0.382. The molecule has 0 spiro atoms. The normalized spacial score (nSPS) is 13.1. The number of unbranched alkanes of at least 4 members (excludes halogenated alkanes) is 2. The third-order valence-corrected chi connectivity index (χ3v) is 3.63. The molecule has 0 aliphatic rings. The van der Waals surface area contributed by atoms with Gasteiger partial charge in [-0.05, 0) is 24.0 Å². The molecule has 15 heavy (non-hydrogen) atoms. The van der Waals surface area contributed by atoms with Crippen LogP contribution < -0.4 is 0 Å². The van der Waals surface area contributed by atoms with Crippen LogP contribution in [-0.2, 0) is 4.79 Å². The zero-order valence-electron chi connectivity index (χ0n) is 10.7. The van der Waals surface area contributed by atoms with Gasteiger partial charge in [0.2, 0.25) is 0 Å². The predicted molar refractivity (Wildman–Crippen MR) is 70.2 cm³/mol. The summed E-state index contributed by atoms with van der Waals surface area (Å²) in [6, 6.07) is 0. The van der Waals surface area contributed by atoms with Crippen molar-refractivity contribution in [3.63, 3.8) is 0 Å². The van der Waals surface area contributed by atoms with Crippen molar-refractivity contribution in [3.05, 3.63) is 0 Å². The maximum atomic E-state index is 11.6. The molecule has 0 rings (SSSR count). The summed E-state index contributed by atoms with van der Waals surface area (Å²) in [4.78, 5) is 11.6. The van der Waals surface area contributed by atoms with Gasteiger partial charge in [-0.15, -0.1) is 0 Å². The largest absolute Gasteiger partial charge is 0.287 e. The van der Waals surface area contributed by atoms with E-state index < -0.39 is 0 Å². The summed E-state index contributed by atoms with van der Waals surface area (Å²) in [7, 11) is 0. The lowest BCUT2D eigenvalue weighted by Crippen LogP contribution is -2.12. The zero-order valence-corrected chi connectivity index (χ0v) is 11.5. The molecule has 0 aliphatic heterocycles. The van der Waals surface area contributed by atoms with Crippen LogP contribution in [0, 0.1) is 11.8 Å². The molecule has 0 bridgehead atoms. The topological polar surface area (TPSA) is 17.1 Å². The molecular formula is C13H26OS. The van der Waals surface area contributed by atoms with Crippen LogP contribution in [0.25, 0.3) is 0 Å². The van der Waals surface area contributed by atoms with Gasteiger partial charge in [-0.2, -0.15) is 0 Å². The van der Waals surface area contributed by atoms with Gasteiger partial charge in [0.05, 0.1) is 0 Å². The van der Waals surface area contributed by atoms with Crippen molar-refractivity contribution in [3.8, 4) is 0 Å². The fraction of sp³-hybridized carbons (Fsp3) is 0.923. The molecule has 0 aliphatic carbocycles. The van der Waals surface area contributed by atoms with Crippen LogP contribution in [0.15, 0.2) is 0 Å². The molecule has 0 saturated carbocycles. The van der Waals surface area contributed by atoms with E-state index in [9.17, 15) is 4.79 Å². The van der Waals surface area contributed by atoms with Gasteiger partial charge in [-0.3, -0.25) is 4.79 Å². The van der Waals surface area contributed by atoms with Gasteiger partial charge in [0, 0.05) is 6.42 Å². The summed E-state index contributed by atoms with van der Waals surface area (Å²) < 4.78 is 0. The zero-order chi connectivity index (χ0) is 11.7. The van der Waals surface area contributed by atoms with Gasteiger partial charge in [-0.25, -0.2) is 0 Å². The van der Waals surface area contributed by atoms with E-state index in [1.54, 1.807) is 0 Å². The lowest BCUT2D eigenvalue weighted by Gasteiger charge is -2.19. The van der Waals surface area contributed by atoms with Gasteiger partial charge in [0.25, 0.3) is 0 Å². The van der Waals surface area contributed by atoms with Crippen molar-refractivity contribution in [2.24, 2.45) is 11.8 Å². The van der Waals surface area contributed by atoms with E-state index in [1.165, 1.54) is 37.4 Å². The van der Waals surface area contributed by atoms with Crippen LogP contribution in [0.5, 0.6) is 0 Å². The Bertz CT molecular complexity index is 166. The molecule has 0 aromatic heterocycles. The first-order valence-corrected chi connectivity index (χ1v) is 7.25. The number of hydrogen-bond donors (Lipinski definition) is 0. The summed E-state index contributed by atoms with van der Waals surface area (Å²) >= 11 is 1.48. The minimum atomic E-state index is 0.382. The highest BCUT2D eigenvalue weighted by molar-refractivity contribution is 8.13. The number of carbonyl (C=O) groups excluding carboxylic acids is 1. The molecule has 1 nitrogen and oxygen atoms in total. The van der Waals surface area contributed by atoms with E-state index in [2.05, 4.69) is 20.8 Å². The van der Waals surface area contributed by atoms with E-state index in [1.807, 2.05) is 6.92 Å². The number of hydrogen-bond acceptors (Lipinski definition) is 2. The minimum absolute atomic E-state index is 0.382. The van der Waals surface area contributed by atoms with E-state index in [-0.39, 0.29) is 0 Å². The molecule has 90 valence electrons. The molecule has 0 fully saturated rings. The highest BCUT2D eigenvalue weighted by Gasteiger charge is 2.16. The van der Waals surface area contributed by atoms with Crippen LogP contribution in [0.3, 0.4) is 0 Å². The quantitative estimate of drug-likeness (QED) is 0.571. The second kappa shape index (κ2) is 9.26. The monoisotopic (exact) mass is 230 g/mol. The Hall–Kier alpha value is 0.0200. The Morgan fingerprint density at radius 3 is 2.33 bits per heavy atom. The average molecular weight is 230 g/mol. The van der Waals surface area contributed by atoms with Crippen LogP contribution in [0.4, 0.5) is 0 Å². The summed E-state index contributed by atoms with van der Waals surface area (Å²) in [6.45, 7) is 8.74. The average Bonchev–Trinajstić information content (AvgIpc) is 2.16. The van der Waals surface area contributed by atoms with E-state index in [4.69, 9.17) is 0 Å². The summed E-state index contributed by atoms with van der Waals surface area (Å²) in [6.07, 6.45) is 5.85. The third-order valence-electron chi connectivity index (χ3n) is 2.86. The molecule has 0 N–H and O–H groups in total. The van der Waals surface area contributed by atoms with Crippen molar-refractivity contribution in [2.45, 2.75) is 59.8 Å². The van der Waals surface area contributed by atoms with Crippen molar-refractivity contribution in [1.82, 2.24) is 0 Å². The standard InChI is InChI=1S/C13H26OS/c1-5-7-8-9-12(11(3)4)10-13(14)15-6-2/h11-12H,5-10H2,1-4H3/t12-/m0/s1. The van der Waals surface area contributed by atoms with Gasteiger partial charge in [-0.1, -0.05) is 58.7 Å². The molecule has 2 heteroatoms. The Balaban J connectivity index is 3.87. The Labute approximate surface area is 99.4 Å². The number of rotatable bonds is 8. The first kappa shape index (κ1) is 15.0. The van der Waals surface area contributed by atoms with E-state index in [0.717, 1.165) is 12.2 Å². The first-order chi connectivity index (χ1) is 7.11. The fourth-order valence-corrected chi connectivity index (χ4v) is 2.42. The fourth-order valence-electron chi connectivity index (χ4n) is 1.76. The van der Waals surface area contributed by atoms with Crippen LogP contribution in [0.2, 0.25) is 0 Å². The van der Waals surface area contributed by atoms with Gasteiger partial charge < -0.3 is 0 Å². The van der Waals surface area contributed by atoms with Gasteiger partial charge >= 0.3 is 0 Å². The predicted octanol–water partition coefficient (Wildman–Crippen LogP) is 4.51. The maximum absolute atomic E-state index is 11.6. The molecule has 0 amide bonds. The molecule has 1 atom stereocenters. The lowest BCUT2D eigenvalue weighted by atomic mass is 9.88. The molecule has 0 heterocycles. The van der Waals surface area contributed by atoms with Crippen LogP contribution in [-0.4, -0.2) is 10.9 Å². The van der Waals surface area contributed by atoms with Crippen molar-refractivity contribution >= 4 is 16.9 Å². The molecule has 0 saturated heterocycles. The Kier molecular flexibility index (Phi) is 9.27. The van der Waals surface area contributed by atoms with Crippen LogP contribution >= 0.6 is 11.8 Å². The Morgan fingerprint density at radius 1 is 1.20 bits per heavy atom. The highest BCUT2D eigenvalue weighted by Crippen LogP contribution is 2.24. The summed E-state index contributed by atoms with van der Waals surface area (Å²) in [5.41, 5.74) is 0. The van der Waals surface area contributed by atoms with Crippen LogP contribution in [0.1, 0.15) is 59.8 Å². The molecule has 0 aromatic rings. The van der Waals surface area contributed by atoms with E-state index >= 15 is 0 Å².